The monoisotopic (exact) mass is 383 g/mol. The fourth-order valence-electron chi connectivity index (χ4n) is 4.74. The molecule has 4 N–H and O–H groups in total. The largest absolute Gasteiger partial charge is 0.364 e. The second-order valence-corrected chi connectivity index (χ2v) is 8.73. The van der Waals surface area contributed by atoms with Gasteiger partial charge in [-0.05, 0) is 37.8 Å². The van der Waals surface area contributed by atoms with Gasteiger partial charge in [0, 0.05) is 25.3 Å². The highest BCUT2D eigenvalue weighted by atomic mass is 16.2. The van der Waals surface area contributed by atoms with Crippen LogP contribution < -0.4 is 21.3 Å². The number of carbonyl (C=O) groups excluding carboxylic acids is 1. The first-order chi connectivity index (χ1) is 13.5. The molecule has 2 fully saturated rings. The van der Waals surface area contributed by atoms with Gasteiger partial charge in [-0.2, -0.15) is 0 Å². The molecule has 0 radical (unpaired) electrons. The standard InChI is InChI=1S/C22H33N5O/c1-22(2)18-14-23-20(25-17-11-7-4-8-12-17)26-19(18)15-27(22)21(28)24-13-16-9-5-3-6-10-16/h3,5-6,9-10,14,17,19-20,23,25-26H,4,7-8,11-13,15H2,1-2H3,(H,24,28). The maximum atomic E-state index is 12.9. The summed E-state index contributed by atoms with van der Waals surface area (Å²) in [5.41, 5.74) is 2.03. The molecule has 0 bridgehead atoms. The number of hydrogen-bond acceptors (Lipinski definition) is 4. The number of fused-ring (bicyclic) bond motifs is 1. The molecule has 1 aliphatic carbocycles. The van der Waals surface area contributed by atoms with E-state index in [1.807, 2.05) is 35.2 Å². The van der Waals surface area contributed by atoms with E-state index in [0.717, 1.165) is 5.56 Å². The second-order valence-electron chi connectivity index (χ2n) is 8.73. The molecule has 1 saturated carbocycles. The molecule has 2 heterocycles. The Morgan fingerprint density at radius 3 is 2.68 bits per heavy atom. The van der Waals surface area contributed by atoms with Crippen molar-refractivity contribution in [3.8, 4) is 0 Å². The Bertz CT molecular complexity index is 711. The lowest BCUT2D eigenvalue weighted by molar-refractivity contribution is 0.172. The van der Waals surface area contributed by atoms with Crippen LogP contribution in [0.15, 0.2) is 42.1 Å². The Kier molecular flexibility index (Phi) is 5.60. The van der Waals surface area contributed by atoms with Crippen LogP contribution in [0.25, 0.3) is 0 Å². The van der Waals surface area contributed by atoms with Gasteiger partial charge >= 0.3 is 6.03 Å². The Morgan fingerprint density at radius 1 is 1.18 bits per heavy atom. The van der Waals surface area contributed by atoms with Crippen LogP contribution in [0.4, 0.5) is 4.79 Å². The minimum Gasteiger partial charge on any atom is -0.364 e. The smallest absolute Gasteiger partial charge is 0.318 e. The average molecular weight is 384 g/mol. The number of carbonyl (C=O) groups is 1. The van der Waals surface area contributed by atoms with Crippen LogP contribution in [0.5, 0.6) is 0 Å². The van der Waals surface area contributed by atoms with Crippen molar-refractivity contribution >= 4 is 6.03 Å². The van der Waals surface area contributed by atoms with Crippen LogP contribution >= 0.6 is 0 Å². The zero-order valence-corrected chi connectivity index (χ0v) is 17.0. The molecular formula is C22H33N5O. The van der Waals surface area contributed by atoms with Gasteiger partial charge in [0.15, 0.2) is 0 Å². The molecule has 6 heteroatoms. The van der Waals surface area contributed by atoms with Crippen LogP contribution in [0.3, 0.4) is 0 Å². The van der Waals surface area contributed by atoms with Crippen LogP contribution in [-0.4, -0.2) is 41.4 Å². The molecule has 6 nitrogen and oxygen atoms in total. The molecular weight excluding hydrogens is 350 g/mol. The number of nitrogens with one attached hydrogen (secondary N) is 4. The van der Waals surface area contributed by atoms with Crippen LogP contribution in [0.2, 0.25) is 0 Å². The number of urea groups is 1. The molecule has 1 aromatic rings. The minimum absolute atomic E-state index is 0.0113. The lowest BCUT2D eigenvalue weighted by atomic mass is 9.92. The lowest BCUT2D eigenvalue weighted by Gasteiger charge is -2.36. The van der Waals surface area contributed by atoms with E-state index in [1.54, 1.807) is 0 Å². The maximum Gasteiger partial charge on any atom is 0.318 e. The van der Waals surface area contributed by atoms with E-state index in [4.69, 9.17) is 0 Å². The molecule has 0 spiro atoms. The van der Waals surface area contributed by atoms with Crippen molar-refractivity contribution < 1.29 is 4.79 Å². The predicted octanol–water partition coefficient (Wildman–Crippen LogP) is 2.64. The molecule has 152 valence electrons. The number of likely N-dealkylation sites (tertiary alicyclic amines) is 1. The molecule has 28 heavy (non-hydrogen) atoms. The second kappa shape index (κ2) is 8.13. The van der Waals surface area contributed by atoms with Crippen LogP contribution in [-0.2, 0) is 6.54 Å². The highest BCUT2D eigenvalue weighted by molar-refractivity contribution is 5.77. The molecule has 1 saturated heterocycles. The predicted molar refractivity (Wildman–Crippen MR) is 111 cm³/mol. The van der Waals surface area contributed by atoms with Crippen molar-refractivity contribution in [3.63, 3.8) is 0 Å². The van der Waals surface area contributed by atoms with Gasteiger partial charge in [-0.3, -0.25) is 10.6 Å². The van der Waals surface area contributed by atoms with Crippen LogP contribution in [0.1, 0.15) is 51.5 Å². The van der Waals surface area contributed by atoms with Gasteiger partial charge in [0.2, 0.25) is 0 Å². The highest BCUT2D eigenvalue weighted by Gasteiger charge is 2.47. The molecule has 2 atom stereocenters. The molecule has 3 aliphatic rings. The van der Waals surface area contributed by atoms with Gasteiger partial charge in [0.05, 0.1) is 11.6 Å². The fourth-order valence-corrected chi connectivity index (χ4v) is 4.74. The van der Waals surface area contributed by atoms with Gasteiger partial charge in [-0.15, -0.1) is 0 Å². The third kappa shape index (κ3) is 4.03. The first-order valence-corrected chi connectivity index (χ1v) is 10.6. The number of benzene rings is 1. The summed E-state index contributed by atoms with van der Waals surface area (Å²) in [5.74, 6) is 0. The van der Waals surface area contributed by atoms with E-state index >= 15 is 0 Å². The quantitative estimate of drug-likeness (QED) is 0.645. The Hall–Kier alpha value is -2.05. The van der Waals surface area contributed by atoms with Crippen molar-refractivity contribution in [1.29, 1.82) is 0 Å². The Labute approximate surface area is 168 Å². The van der Waals surface area contributed by atoms with Crippen molar-refractivity contribution in [3.05, 3.63) is 47.7 Å². The summed E-state index contributed by atoms with van der Waals surface area (Å²) >= 11 is 0. The van der Waals surface area contributed by atoms with Crippen molar-refractivity contribution in [1.82, 2.24) is 26.2 Å². The third-order valence-electron chi connectivity index (χ3n) is 6.43. The zero-order valence-electron chi connectivity index (χ0n) is 17.0. The first-order valence-electron chi connectivity index (χ1n) is 10.6. The van der Waals surface area contributed by atoms with Crippen molar-refractivity contribution in [2.45, 2.75) is 76.4 Å². The zero-order chi connectivity index (χ0) is 19.6. The van der Waals surface area contributed by atoms with Gasteiger partial charge in [0.25, 0.3) is 0 Å². The van der Waals surface area contributed by atoms with E-state index in [-0.39, 0.29) is 23.9 Å². The number of nitrogens with zero attached hydrogens (tertiary/aromatic N) is 1. The SMILES string of the molecule is CC1(C)C2=CNC(NC3CCCCC3)NC2CN1C(=O)NCc1ccccc1. The Morgan fingerprint density at radius 2 is 1.93 bits per heavy atom. The number of rotatable bonds is 4. The van der Waals surface area contributed by atoms with Crippen molar-refractivity contribution in [2.75, 3.05) is 6.54 Å². The van der Waals surface area contributed by atoms with Gasteiger partial charge in [-0.1, -0.05) is 49.6 Å². The van der Waals surface area contributed by atoms with Gasteiger partial charge in [-0.25, -0.2) is 4.79 Å². The van der Waals surface area contributed by atoms with Gasteiger partial charge in [0.1, 0.15) is 6.29 Å². The van der Waals surface area contributed by atoms with E-state index < -0.39 is 0 Å². The topological polar surface area (TPSA) is 68.4 Å². The Balaban J connectivity index is 1.36. The molecule has 1 aromatic carbocycles. The molecule has 0 aromatic heterocycles. The number of hydrogen-bond donors (Lipinski definition) is 4. The minimum atomic E-state index is -0.318. The summed E-state index contributed by atoms with van der Waals surface area (Å²) in [4.78, 5) is 14.8. The number of amides is 2. The normalized spacial score (nSPS) is 26.9. The van der Waals surface area contributed by atoms with E-state index in [9.17, 15) is 4.79 Å². The third-order valence-corrected chi connectivity index (χ3v) is 6.43. The van der Waals surface area contributed by atoms with Crippen molar-refractivity contribution in [2.24, 2.45) is 0 Å². The molecule has 2 aliphatic heterocycles. The summed E-state index contributed by atoms with van der Waals surface area (Å²) in [6, 6.07) is 10.8. The summed E-state index contributed by atoms with van der Waals surface area (Å²) in [6.07, 6.45) is 8.68. The summed E-state index contributed by atoms with van der Waals surface area (Å²) < 4.78 is 0. The van der Waals surface area contributed by atoms with E-state index in [1.165, 1.54) is 37.7 Å². The summed E-state index contributed by atoms with van der Waals surface area (Å²) in [7, 11) is 0. The van der Waals surface area contributed by atoms with Crippen LogP contribution in [0, 0.1) is 0 Å². The average Bonchev–Trinajstić information content (AvgIpc) is 2.98. The first kappa shape index (κ1) is 19.3. The van der Waals surface area contributed by atoms with Gasteiger partial charge < -0.3 is 15.5 Å². The lowest BCUT2D eigenvalue weighted by Crippen LogP contribution is -2.61. The summed E-state index contributed by atoms with van der Waals surface area (Å²) in [5, 5.41) is 13.9. The van der Waals surface area contributed by atoms with E-state index in [2.05, 4.69) is 41.3 Å². The summed E-state index contributed by atoms with van der Waals surface area (Å²) in [6.45, 7) is 5.48. The maximum absolute atomic E-state index is 12.9. The molecule has 2 unspecified atom stereocenters. The molecule has 4 rings (SSSR count). The molecule has 2 amide bonds. The van der Waals surface area contributed by atoms with E-state index in [0.29, 0.717) is 19.1 Å². The fraction of sp³-hybridized carbons (Fsp3) is 0.591. The highest BCUT2D eigenvalue weighted by Crippen LogP contribution is 2.35.